The molecule has 3 heteroatoms. The number of nitrogens with two attached hydrogens (primary N) is 1. The summed E-state index contributed by atoms with van der Waals surface area (Å²) in [7, 11) is 0. The molecule has 21 heavy (non-hydrogen) atoms. The highest BCUT2D eigenvalue weighted by atomic mass is 19.1. The van der Waals surface area contributed by atoms with Gasteiger partial charge in [-0.05, 0) is 72.7 Å². The molecule has 2 N–H and O–H groups in total. The van der Waals surface area contributed by atoms with Gasteiger partial charge in [-0.15, -0.1) is 0 Å². The van der Waals surface area contributed by atoms with Crippen LogP contribution in [0.1, 0.15) is 41.1 Å². The number of rotatable bonds is 3. The maximum Gasteiger partial charge on any atom is 0.123 e. The van der Waals surface area contributed by atoms with Gasteiger partial charge in [-0.25, -0.2) is 4.39 Å². The van der Waals surface area contributed by atoms with Gasteiger partial charge in [0.2, 0.25) is 0 Å². The van der Waals surface area contributed by atoms with Crippen molar-refractivity contribution in [1.82, 2.24) is 0 Å². The van der Waals surface area contributed by atoms with Gasteiger partial charge in [-0.1, -0.05) is 12.1 Å². The van der Waals surface area contributed by atoms with E-state index in [0.29, 0.717) is 6.61 Å². The van der Waals surface area contributed by atoms with Crippen LogP contribution in [-0.4, -0.2) is 0 Å². The van der Waals surface area contributed by atoms with Crippen LogP contribution in [0.2, 0.25) is 0 Å². The number of hydrogen-bond donors (Lipinski definition) is 1. The van der Waals surface area contributed by atoms with Crippen LogP contribution in [-0.2, 0) is 13.0 Å². The third-order valence-electron chi connectivity index (χ3n) is 4.17. The van der Waals surface area contributed by atoms with Crippen LogP contribution in [0.5, 0.6) is 5.75 Å². The van der Waals surface area contributed by atoms with Crippen molar-refractivity contribution in [3.8, 4) is 5.75 Å². The van der Waals surface area contributed by atoms with Crippen LogP contribution in [0.25, 0.3) is 0 Å². The monoisotopic (exact) mass is 285 g/mol. The summed E-state index contributed by atoms with van der Waals surface area (Å²) in [5, 5.41) is 0. The van der Waals surface area contributed by atoms with Crippen molar-refractivity contribution < 1.29 is 9.13 Å². The topological polar surface area (TPSA) is 35.2 Å². The zero-order chi connectivity index (χ0) is 14.8. The molecule has 2 aromatic carbocycles. The number of fused-ring (bicyclic) bond motifs is 1. The normalized spacial score (nSPS) is 17.4. The van der Waals surface area contributed by atoms with Crippen molar-refractivity contribution in [2.24, 2.45) is 5.73 Å². The van der Waals surface area contributed by atoms with Gasteiger partial charge in [0.05, 0.1) is 0 Å². The molecule has 1 aliphatic rings. The van der Waals surface area contributed by atoms with Crippen LogP contribution in [0.4, 0.5) is 4.39 Å². The van der Waals surface area contributed by atoms with E-state index in [1.54, 1.807) is 6.07 Å². The molecular weight excluding hydrogens is 265 g/mol. The first-order valence-corrected chi connectivity index (χ1v) is 7.40. The fourth-order valence-electron chi connectivity index (χ4n) is 2.90. The maximum absolute atomic E-state index is 13.1. The number of ether oxygens (including phenoxy) is 1. The smallest absolute Gasteiger partial charge is 0.123 e. The van der Waals surface area contributed by atoms with E-state index in [2.05, 4.69) is 12.1 Å². The van der Waals surface area contributed by atoms with Gasteiger partial charge in [0.1, 0.15) is 18.2 Å². The molecule has 0 aromatic heterocycles. The van der Waals surface area contributed by atoms with Gasteiger partial charge in [-0.2, -0.15) is 0 Å². The van der Waals surface area contributed by atoms with Crippen LogP contribution < -0.4 is 10.5 Å². The Morgan fingerprint density at radius 2 is 2.10 bits per heavy atom. The second kappa shape index (κ2) is 5.86. The predicted octanol–water partition coefficient (Wildman–Crippen LogP) is 4.05. The summed E-state index contributed by atoms with van der Waals surface area (Å²) >= 11 is 0. The number of hydrogen-bond acceptors (Lipinski definition) is 2. The van der Waals surface area contributed by atoms with Crippen molar-refractivity contribution in [1.29, 1.82) is 0 Å². The molecule has 0 spiro atoms. The maximum atomic E-state index is 13.1. The minimum atomic E-state index is -0.209. The molecule has 110 valence electrons. The molecule has 0 heterocycles. The molecular formula is C18H20FNO. The highest BCUT2D eigenvalue weighted by Crippen LogP contribution is 2.30. The van der Waals surface area contributed by atoms with Gasteiger partial charge in [0, 0.05) is 6.04 Å². The van der Waals surface area contributed by atoms with Gasteiger partial charge in [0.15, 0.2) is 0 Å². The molecule has 2 aromatic rings. The summed E-state index contributed by atoms with van der Waals surface area (Å²) in [5.74, 6) is 0.644. The van der Waals surface area contributed by atoms with Crippen molar-refractivity contribution in [3.63, 3.8) is 0 Å². The second-order valence-electron chi connectivity index (χ2n) is 5.72. The zero-order valence-corrected chi connectivity index (χ0v) is 12.2. The Hall–Kier alpha value is -1.87. The van der Waals surface area contributed by atoms with E-state index < -0.39 is 0 Å². The lowest BCUT2D eigenvalue weighted by Crippen LogP contribution is -2.17. The molecule has 0 amide bonds. The van der Waals surface area contributed by atoms with Crippen molar-refractivity contribution >= 4 is 0 Å². The van der Waals surface area contributed by atoms with Crippen molar-refractivity contribution in [2.75, 3.05) is 0 Å². The summed E-state index contributed by atoms with van der Waals surface area (Å²) in [5.41, 5.74) is 10.6. The van der Waals surface area contributed by atoms with Crippen LogP contribution in [0, 0.1) is 12.7 Å². The lowest BCUT2D eigenvalue weighted by Gasteiger charge is -2.22. The minimum absolute atomic E-state index is 0.155. The molecule has 0 radical (unpaired) electrons. The van der Waals surface area contributed by atoms with Crippen LogP contribution >= 0.6 is 0 Å². The van der Waals surface area contributed by atoms with Gasteiger partial charge < -0.3 is 10.5 Å². The van der Waals surface area contributed by atoms with E-state index in [0.717, 1.165) is 36.1 Å². The predicted molar refractivity (Wildman–Crippen MR) is 81.8 cm³/mol. The highest BCUT2D eigenvalue weighted by Gasteiger charge is 2.17. The van der Waals surface area contributed by atoms with E-state index in [4.69, 9.17) is 10.5 Å². The SMILES string of the molecule is Cc1cc(F)ccc1COc1ccc2c(c1)CCCC2N. The molecule has 0 saturated carbocycles. The summed E-state index contributed by atoms with van der Waals surface area (Å²) in [6.07, 6.45) is 3.26. The molecule has 1 unspecified atom stereocenters. The van der Waals surface area contributed by atoms with Crippen LogP contribution in [0.15, 0.2) is 36.4 Å². The Labute approximate surface area is 124 Å². The van der Waals surface area contributed by atoms with Crippen LogP contribution in [0.3, 0.4) is 0 Å². The Bertz CT molecular complexity index is 654. The molecule has 2 nitrogen and oxygen atoms in total. The first-order valence-electron chi connectivity index (χ1n) is 7.40. The Morgan fingerprint density at radius 3 is 2.90 bits per heavy atom. The molecule has 0 fully saturated rings. The van der Waals surface area contributed by atoms with E-state index in [-0.39, 0.29) is 11.9 Å². The molecule has 0 saturated heterocycles. The highest BCUT2D eigenvalue weighted by molar-refractivity contribution is 5.39. The molecule has 3 rings (SSSR count). The van der Waals surface area contributed by atoms with E-state index in [9.17, 15) is 4.39 Å². The van der Waals surface area contributed by atoms with E-state index in [1.165, 1.54) is 23.3 Å². The zero-order valence-electron chi connectivity index (χ0n) is 12.2. The number of halogens is 1. The second-order valence-corrected chi connectivity index (χ2v) is 5.72. The first kappa shape index (κ1) is 14.1. The van der Waals surface area contributed by atoms with E-state index >= 15 is 0 Å². The fraction of sp³-hybridized carbons (Fsp3) is 0.333. The first-order chi connectivity index (χ1) is 10.1. The summed E-state index contributed by atoms with van der Waals surface area (Å²) in [6, 6.07) is 11.1. The molecule has 1 atom stereocenters. The van der Waals surface area contributed by atoms with Crippen molar-refractivity contribution in [3.05, 3.63) is 64.5 Å². The van der Waals surface area contributed by atoms with E-state index in [1.807, 2.05) is 13.0 Å². The summed E-state index contributed by atoms with van der Waals surface area (Å²) in [6.45, 7) is 2.35. The summed E-state index contributed by atoms with van der Waals surface area (Å²) < 4.78 is 18.9. The quantitative estimate of drug-likeness (QED) is 0.923. The minimum Gasteiger partial charge on any atom is -0.489 e. The third kappa shape index (κ3) is 3.08. The van der Waals surface area contributed by atoms with Gasteiger partial charge in [-0.3, -0.25) is 0 Å². The summed E-state index contributed by atoms with van der Waals surface area (Å²) in [4.78, 5) is 0. The average molecular weight is 285 g/mol. The fourth-order valence-corrected chi connectivity index (χ4v) is 2.90. The number of benzene rings is 2. The average Bonchev–Trinajstić information content (AvgIpc) is 2.46. The lowest BCUT2D eigenvalue weighted by molar-refractivity contribution is 0.304. The Morgan fingerprint density at radius 1 is 1.24 bits per heavy atom. The molecule has 0 aliphatic heterocycles. The van der Waals surface area contributed by atoms with Gasteiger partial charge >= 0.3 is 0 Å². The standard InChI is InChI=1S/C18H20FNO/c1-12-9-15(19)6-5-14(12)11-21-16-7-8-17-13(10-16)3-2-4-18(17)20/h5-10,18H,2-4,11,20H2,1H3. The Balaban J connectivity index is 1.73. The largest absolute Gasteiger partial charge is 0.489 e. The Kier molecular flexibility index (Phi) is 3.93. The molecule has 0 bridgehead atoms. The molecule has 1 aliphatic carbocycles. The van der Waals surface area contributed by atoms with Crippen molar-refractivity contribution in [2.45, 2.75) is 38.8 Å². The third-order valence-corrected chi connectivity index (χ3v) is 4.17. The lowest BCUT2D eigenvalue weighted by atomic mass is 9.88. The van der Waals surface area contributed by atoms with Gasteiger partial charge in [0.25, 0.3) is 0 Å². The number of aryl methyl sites for hydroxylation is 2.